The Bertz CT molecular complexity index is 468. The molecule has 0 amide bonds. The van der Waals surface area contributed by atoms with Crippen LogP contribution in [0.25, 0.3) is 0 Å². The molecule has 2 rings (SSSR count). The molecule has 2 N–H and O–H groups in total. The van der Waals surface area contributed by atoms with Crippen molar-refractivity contribution < 1.29 is 10.2 Å². The third-order valence-corrected chi connectivity index (χ3v) is 5.69. The molecule has 0 aliphatic heterocycles. The summed E-state index contributed by atoms with van der Waals surface area (Å²) in [5.74, 6) is 0.677. The van der Waals surface area contributed by atoms with Crippen molar-refractivity contribution in [2.45, 2.75) is 65.1 Å². The van der Waals surface area contributed by atoms with Gasteiger partial charge in [0.2, 0.25) is 0 Å². The monoisotopic (exact) mass is 304 g/mol. The first-order chi connectivity index (χ1) is 10.2. The molecule has 0 aromatic rings. The third-order valence-electron chi connectivity index (χ3n) is 5.69. The molecule has 6 atom stereocenters. The molecule has 124 valence electrons. The van der Waals surface area contributed by atoms with Crippen molar-refractivity contribution in [3.63, 3.8) is 0 Å². The van der Waals surface area contributed by atoms with Crippen LogP contribution in [0, 0.1) is 23.7 Å². The summed E-state index contributed by atoms with van der Waals surface area (Å²) in [5, 5.41) is 21.6. The first-order valence-corrected chi connectivity index (χ1v) is 8.65. The van der Waals surface area contributed by atoms with Crippen molar-refractivity contribution >= 4 is 0 Å². The minimum atomic E-state index is -0.921. The Morgan fingerprint density at radius 3 is 2.82 bits per heavy atom. The Morgan fingerprint density at radius 2 is 2.18 bits per heavy atom. The maximum Gasteiger partial charge on any atom is 0.0861 e. The SMILES string of the molecule is C=C1CC[C@@H]([C@H](C)CCC=C(C)C)C(O)C2C1C=C[C@@]2(C)O. The Kier molecular flexibility index (Phi) is 5.34. The van der Waals surface area contributed by atoms with Gasteiger partial charge in [-0.05, 0) is 58.3 Å². The summed E-state index contributed by atoms with van der Waals surface area (Å²) in [4.78, 5) is 0. The number of hydrogen-bond donors (Lipinski definition) is 2. The molecule has 2 nitrogen and oxygen atoms in total. The molecule has 0 spiro atoms. The first kappa shape index (κ1) is 17.5. The summed E-state index contributed by atoms with van der Waals surface area (Å²) < 4.78 is 0. The molecule has 1 saturated carbocycles. The number of hydrogen-bond acceptors (Lipinski definition) is 2. The van der Waals surface area contributed by atoms with E-state index in [1.54, 1.807) is 0 Å². The van der Waals surface area contributed by atoms with Crippen molar-refractivity contribution in [1.29, 1.82) is 0 Å². The lowest BCUT2D eigenvalue weighted by molar-refractivity contribution is -0.0605. The van der Waals surface area contributed by atoms with Gasteiger partial charge in [0.15, 0.2) is 0 Å². The van der Waals surface area contributed by atoms with E-state index >= 15 is 0 Å². The van der Waals surface area contributed by atoms with Crippen LogP contribution in [0.5, 0.6) is 0 Å². The summed E-state index contributed by atoms with van der Waals surface area (Å²) in [6, 6.07) is 0. The number of fused-ring (bicyclic) bond motifs is 1. The lowest BCUT2D eigenvalue weighted by Gasteiger charge is -2.37. The minimum Gasteiger partial charge on any atom is -0.392 e. The molecular weight excluding hydrogens is 272 g/mol. The highest BCUT2D eigenvalue weighted by molar-refractivity contribution is 5.27. The molecule has 0 aromatic heterocycles. The Morgan fingerprint density at radius 1 is 1.50 bits per heavy atom. The number of aliphatic hydroxyl groups excluding tert-OH is 1. The van der Waals surface area contributed by atoms with Crippen molar-refractivity contribution in [1.82, 2.24) is 0 Å². The fraction of sp³-hybridized carbons (Fsp3) is 0.700. The van der Waals surface area contributed by atoms with Crippen LogP contribution in [0.4, 0.5) is 0 Å². The quantitative estimate of drug-likeness (QED) is 0.762. The van der Waals surface area contributed by atoms with Gasteiger partial charge in [0, 0.05) is 11.8 Å². The van der Waals surface area contributed by atoms with Crippen LogP contribution in [0.2, 0.25) is 0 Å². The Labute approximate surface area is 135 Å². The van der Waals surface area contributed by atoms with Crippen LogP contribution in [0.3, 0.4) is 0 Å². The molecule has 22 heavy (non-hydrogen) atoms. The van der Waals surface area contributed by atoms with E-state index in [2.05, 4.69) is 33.4 Å². The van der Waals surface area contributed by atoms with Gasteiger partial charge in [-0.3, -0.25) is 0 Å². The van der Waals surface area contributed by atoms with Gasteiger partial charge in [0.25, 0.3) is 0 Å². The van der Waals surface area contributed by atoms with E-state index < -0.39 is 11.7 Å². The lowest BCUT2D eigenvalue weighted by Crippen LogP contribution is -2.44. The Balaban J connectivity index is 2.13. The summed E-state index contributed by atoms with van der Waals surface area (Å²) in [6.07, 6.45) is 9.80. The second kappa shape index (κ2) is 6.72. The molecule has 1 fully saturated rings. The molecule has 0 bridgehead atoms. The molecule has 0 radical (unpaired) electrons. The predicted octanol–water partition coefficient (Wildman–Crippen LogP) is 4.25. The topological polar surface area (TPSA) is 40.5 Å². The highest BCUT2D eigenvalue weighted by Gasteiger charge is 2.49. The second-order valence-corrected chi connectivity index (χ2v) is 7.82. The minimum absolute atomic E-state index is 0.125. The van der Waals surface area contributed by atoms with Gasteiger partial charge in [-0.2, -0.15) is 0 Å². The van der Waals surface area contributed by atoms with Crippen LogP contribution in [0.1, 0.15) is 53.4 Å². The van der Waals surface area contributed by atoms with Gasteiger partial charge in [-0.15, -0.1) is 0 Å². The first-order valence-electron chi connectivity index (χ1n) is 8.65. The average Bonchev–Trinajstić information content (AvgIpc) is 2.66. The van der Waals surface area contributed by atoms with E-state index in [4.69, 9.17) is 0 Å². The molecule has 2 heteroatoms. The fourth-order valence-electron chi connectivity index (χ4n) is 4.27. The molecule has 0 aromatic carbocycles. The van der Waals surface area contributed by atoms with Crippen molar-refractivity contribution in [3.05, 3.63) is 36.0 Å². The zero-order valence-electron chi connectivity index (χ0n) is 14.5. The summed E-state index contributed by atoms with van der Waals surface area (Å²) in [7, 11) is 0. The van der Waals surface area contributed by atoms with E-state index in [9.17, 15) is 10.2 Å². The summed E-state index contributed by atoms with van der Waals surface area (Å²) in [5.41, 5.74) is 1.59. The van der Waals surface area contributed by atoms with Gasteiger partial charge >= 0.3 is 0 Å². The number of aliphatic hydroxyl groups is 2. The fourth-order valence-corrected chi connectivity index (χ4v) is 4.27. The van der Waals surface area contributed by atoms with Crippen molar-refractivity contribution in [3.8, 4) is 0 Å². The molecule has 3 unspecified atom stereocenters. The Hall–Kier alpha value is -0.860. The largest absolute Gasteiger partial charge is 0.392 e. The van der Waals surface area contributed by atoms with Crippen LogP contribution in [0.15, 0.2) is 36.0 Å². The van der Waals surface area contributed by atoms with Gasteiger partial charge in [-0.1, -0.05) is 42.9 Å². The van der Waals surface area contributed by atoms with Gasteiger partial charge in [-0.25, -0.2) is 0 Å². The second-order valence-electron chi connectivity index (χ2n) is 7.82. The van der Waals surface area contributed by atoms with E-state index in [1.165, 1.54) is 5.57 Å². The lowest BCUT2D eigenvalue weighted by atomic mass is 9.73. The average molecular weight is 304 g/mol. The number of allylic oxidation sites excluding steroid dienone is 4. The van der Waals surface area contributed by atoms with Crippen molar-refractivity contribution in [2.75, 3.05) is 0 Å². The van der Waals surface area contributed by atoms with Crippen LogP contribution in [-0.4, -0.2) is 21.9 Å². The number of rotatable bonds is 4. The maximum absolute atomic E-state index is 11.0. The summed E-state index contributed by atoms with van der Waals surface area (Å²) >= 11 is 0. The van der Waals surface area contributed by atoms with Gasteiger partial charge < -0.3 is 10.2 Å². The highest BCUT2D eigenvalue weighted by Crippen LogP contribution is 2.48. The van der Waals surface area contributed by atoms with E-state index in [0.29, 0.717) is 5.92 Å². The normalized spacial score (nSPS) is 39.3. The van der Waals surface area contributed by atoms with Crippen LogP contribution < -0.4 is 0 Å². The molecular formula is C20H32O2. The zero-order valence-corrected chi connectivity index (χ0v) is 14.5. The van der Waals surface area contributed by atoms with Crippen LogP contribution in [-0.2, 0) is 0 Å². The van der Waals surface area contributed by atoms with E-state index in [1.807, 2.05) is 19.1 Å². The third kappa shape index (κ3) is 3.55. The molecule has 2 aliphatic rings. The standard InChI is InChI=1S/C20H32O2/c1-13(2)7-6-8-14(3)17-10-9-15(4)16-11-12-20(5,22)18(16)19(17)21/h7,11-12,14,16-19,21-22H,4,6,8-10H2,1-3,5H3/t14-,16?,17+,18?,19?,20-/m1/s1. The maximum atomic E-state index is 11.0. The molecule has 0 saturated heterocycles. The van der Waals surface area contributed by atoms with Crippen LogP contribution >= 0.6 is 0 Å². The van der Waals surface area contributed by atoms with E-state index in [-0.39, 0.29) is 17.8 Å². The van der Waals surface area contributed by atoms with Gasteiger partial charge in [0.1, 0.15) is 0 Å². The van der Waals surface area contributed by atoms with Crippen molar-refractivity contribution in [2.24, 2.45) is 23.7 Å². The zero-order chi connectivity index (χ0) is 16.5. The molecule has 2 aliphatic carbocycles. The highest BCUT2D eigenvalue weighted by atomic mass is 16.3. The van der Waals surface area contributed by atoms with E-state index in [0.717, 1.165) is 31.3 Å². The molecule has 0 heterocycles. The smallest absolute Gasteiger partial charge is 0.0861 e. The summed E-state index contributed by atoms with van der Waals surface area (Å²) in [6.45, 7) is 12.5. The predicted molar refractivity (Wildman–Crippen MR) is 92.4 cm³/mol. The van der Waals surface area contributed by atoms with Gasteiger partial charge in [0.05, 0.1) is 11.7 Å².